The number of amides is 2. The van der Waals surface area contributed by atoms with Gasteiger partial charge in [-0.3, -0.25) is 9.59 Å². The highest BCUT2D eigenvalue weighted by molar-refractivity contribution is 6.09. The predicted molar refractivity (Wildman–Crippen MR) is 110 cm³/mol. The Hall–Kier alpha value is -3.66. The Morgan fingerprint density at radius 3 is 1.41 bits per heavy atom. The summed E-state index contributed by atoms with van der Waals surface area (Å²) in [6, 6.07) is 27.2. The van der Waals surface area contributed by atoms with Crippen LogP contribution in [0.2, 0.25) is 0 Å². The number of anilines is 2. The molecule has 0 aliphatic rings. The average molecular weight is 354 g/mol. The Morgan fingerprint density at radius 1 is 0.556 bits per heavy atom. The summed E-state index contributed by atoms with van der Waals surface area (Å²) in [6.45, 7) is 0. The van der Waals surface area contributed by atoms with Gasteiger partial charge < -0.3 is 10.6 Å². The smallest absolute Gasteiger partial charge is 0.233 e. The van der Waals surface area contributed by atoms with Crippen molar-refractivity contribution in [1.29, 1.82) is 0 Å². The molecule has 2 amide bonds. The van der Waals surface area contributed by atoms with Crippen molar-refractivity contribution in [2.45, 2.75) is 6.42 Å². The maximum atomic E-state index is 12.2. The largest absolute Gasteiger partial charge is 0.326 e. The van der Waals surface area contributed by atoms with Gasteiger partial charge in [-0.1, -0.05) is 60.7 Å². The van der Waals surface area contributed by atoms with Crippen LogP contribution < -0.4 is 10.6 Å². The molecule has 0 aromatic heterocycles. The van der Waals surface area contributed by atoms with Gasteiger partial charge in [0.15, 0.2) is 0 Å². The van der Waals surface area contributed by atoms with Crippen LogP contribution in [-0.4, -0.2) is 11.8 Å². The molecule has 0 saturated heterocycles. The van der Waals surface area contributed by atoms with E-state index in [4.69, 9.17) is 0 Å². The van der Waals surface area contributed by atoms with Crippen molar-refractivity contribution in [3.63, 3.8) is 0 Å². The first-order valence-electron chi connectivity index (χ1n) is 8.75. The van der Waals surface area contributed by atoms with E-state index in [9.17, 15) is 9.59 Å². The molecule has 0 aliphatic heterocycles. The summed E-state index contributed by atoms with van der Waals surface area (Å²) >= 11 is 0. The third-order valence-corrected chi connectivity index (χ3v) is 4.39. The van der Waals surface area contributed by atoms with Gasteiger partial charge in [0, 0.05) is 11.4 Å². The van der Waals surface area contributed by atoms with E-state index in [-0.39, 0.29) is 18.2 Å². The molecule has 4 aromatic rings. The van der Waals surface area contributed by atoms with E-state index < -0.39 is 0 Å². The van der Waals surface area contributed by atoms with Crippen LogP contribution in [0.1, 0.15) is 6.42 Å². The molecule has 0 spiro atoms. The molecule has 0 aliphatic carbocycles. The quantitative estimate of drug-likeness (QED) is 0.509. The number of hydrogen-bond donors (Lipinski definition) is 2. The Morgan fingerprint density at radius 2 is 0.963 bits per heavy atom. The van der Waals surface area contributed by atoms with E-state index in [0.29, 0.717) is 11.4 Å². The molecule has 0 unspecified atom stereocenters. The molecular formula is C23H18N2O2. The highest BCUT2D eigenvalue weighted by Crippen LogP contribution is 2.20. The number of rotatable bonds is 4. The monoisotopic (exact) mass is 354 g/mol. The lowest BCUT2D eigenvalue weighted by atomic mass is 10.1. The van der Waals surface area contributed by atoms with Crippen molar-refractivity contribution < 1.29 is 9.59 Å². The molecule has 4 rings (SSSR count). The first-order chi connectivity index (χ1) is 13.2. The number of carbonyl (C=O) groups is 2. The van der Waals surface area contributed by atoms with E-state index in [1.54, 1.807) is 0 Å². The Labute approximate surface area is 156 Å². The van der Waals surface area contributed by atoms with E-state index in [1.807, 2.05) is 84.9 Å². The van der Waals surface area contributed by atoms with E-state index in [2.05, 4.69) is 10.6 Å². The van der Waals surface area contributed by atoms with E-state index in [0.717, 1.165) is 21.5 Å². The second kappa shape index (κ2) is 7.30. The summed E-state index contributed by atoms with van der Waals surface area (Å²) in [5.41, 5.74) is 1.36. The molecule has 0 saturated carbocycles. The van der Waals surface area contributed by atoms with Crippen molar-refractivity contribution >= 4 is 44.7 Å². The topological polar surface area (TPSA) is 58.2 Å². The molecule has 4 nitrogen and oxygen atoms in total. The number of benzene rings is 4. The minimum absolute atomic E-state index is 0.236. The SMILES string of the molecule is O=C(CC(=O)Nc1ccc2ccccc2c1)Nc1ccc2ccccc2c1. The summed E-state index contributed by atoms with van der Waals surface area (Å²) in [5, 5.41) is 9.84. The zero-order chi connectivity index (χ0) is 18.6. The molecule has 0 heterocycles. The molecule has 0 fully saturated rings. The molecule has 132 valence electrons. The molecule has 0 bridgehead atoms. The van der Waals surface area contributed by atoms with Crippen LogP contribution in [0.4, 0.5) is 11.4 Å². The van der Waals surface area contributed by atoms with Crippen molar-refractivity contribution in [3.05, 3.63) is 84.9 Å². The standard InChI is InChI=1S/C23H18N2O2/c26-22(24-20-11-9-16-5-1-3-7-18(16)13-20)15-23(27)25-21-12-10-17-6-2-4-8-19(17)14-21/h1-14H,15H2,(H,24,26)(H,25,27). The zero-order valence-electron chi connectivity index (χ0n) is 14.6. The van der Waals surface area contributed by atoms with Crippen LogP contribution in [0.5, 0.6) is 0 Å². The van der Waals surface area contributed by atoms with Gasteiger partial charge in [-0.2, -0.15) is 0 Å². The summed E-state index contributed by atoms with van der Waals surface area (Å²) < 4.78 is 0. The molecule has 0 radical (unpaired) electrons. The normalized spacial score (nSPS) is 10.7. The lowest BCUT2D eigenvalue weighted by molar-refractivity contribution is -0.123. The number of carbonyl (C=O) groups excluding carboxylic acids is 2. The van der Waals surface area contributed by atoms with Gasteiger partial charge in [-0.05, 0) is 45.8 Å². The van der Waals surface area contributed by atoms with Crippen LogP contribution in [-0.2, 0) is 9.59 Å². The second-order valence-corrected chi connectivity index (χ2v) is 6.40. The number of nitrogens with one attached hydrogen (secondary N) is 2. The highest BCUT2D eigenvalue weighted by atomic mass is 16.2. The Bertz CT molecular complexity index is 1060. The summed E-state index contributed by atoms with van der Waals surface area (Å²) in [4.78, 5) is 24.4. The number of hydrogen-bond acceptors (Lipinski definition) is 2. The molecular weight excluding hydrogens is 336 g/mol. The Kier molecular flexibility index (Phi) is 4.54. The minimum Gasteiger partial charge on any atom is -0.326 e. The maximum absolute atomic E-state index is 12.2. The summed E-state index contributed by atoms with van der Waals surface area (Å²) in [7, 11) is 0. The molecule has 2 N–H and O–H groups in total. The molecule has 4 heteroatoms. The van der Waals surface area contributed by atoms with Gasteiger partial charge >= 0.3 is 0 Å². The maximum Gasteiger partial charge on any atom is 0.233 e. The zero-order valence-corrected chi connectivity index (χ0v) is 14.6. The van der Waals surface area contributed by atoms with Gasteiger partial charge in [0.1, 0.15) is 6.42 Å². The first-order valence-corrected chi connectivity index (χ1v) is 8.75. The second-order valence-electron chi connectivity index (χ2n) is 6.40. The van der Waals surface area contributed by atoms with Crippen LogP contribution in [0.3, 0.4) is 0 Å². The third kappa shape index (κ3) is 3.96. The molecule has 27 heavy (non-hydrogen) atoms. The fourth-order valence-electron chi connectivity index (χ4n) is 3.09. The lowest BCUT2D eigenvalue weighted by Crippen LogP contribution is -2.21. The number of fused-ring (bicyclic) bond motifs is 2. The predicted octanol–water partition coefficient (Wildman–Crippen LogP) is 4.96. The fraction of sp³-hybridized carbons (Fsp3) is 0.0435. The van der Waals surface area contributed by atoms with Gasteiger partial charge in [0.2, 0.25) is 11.8 Å². The van der Waals surface area contributed by atoms with Gasteiger partial charge in [-0.25, -0.2) is 0 Å². The van der Waals surface area contributed by atoms with Gasteiger partial charge in [0.05, 0.1) is 0 Å². The lowest BCUT2D eigenvalue weighted by Gasteiger charge is -2.08. The fourth-order valence-corrected chi connectivity index (χ4v) is 3.09. The van der Waals surface area contributed by atoms with Crippen molar-refractivity contribution in [1.82, 2.24) is 0 Å². The van der Waals surface area contributed by atoms with Crippen molar-refractivity contribution in [2.24, 2.45) is 0 Å². The highest BCUT2D eigenvalue weighted by Gasteiger charge is 2.10. The summed E-state index contributed by atoms with van der Waals surface area (Å²) in [6.07, 6.45) is -0.236. The Balaban J connectivity index is 1.39. The van der Waals surface area contributed by atoms with Crippen molar-refractivity contribution in [2.75, 3.05) is 10.6 Å². The first kappa shape index (κ1) is 16.8. The minimum atomic E-state index is -0.344. The molecule has 4 aromatic carbocycles. The van der Waals surface area contributed by atoms with Gasteiger partial charge in [-0.15, -0.1) is 0 Å². The van der Waals surface area contributed by atoms with E-state index >= 15 is 0 Å². The van der Waals surface area contributed by atoms with Crippen molar-refractivity contribution in [3.8, 4) is 0 Å². The van der Waals surface area contributed by atoms with E-state index in [1.165, 1.54) is 0 Å². The van der Waals surface area contributed by atoms with Crippen LogP contribution >= 0.6 is 0 Å². The summed E-state index contributed by atoms with van der Waals surface area (Å²) in [5.74, 6) is -0.688. The van der Waals surface area contributed by atoms with Gasteiger partial charge in [0.25, 0.3) is 0 Å². The van der Waals surface area contributed by atoms with Crippen LogP contribution in [0.25, 0.3) is 21.5 Å². The van der Waals surface area contributed by atoms with Crippen LogP contribution in [0, 0.1) is 0 Å². The average Bonchev–Trinajstić information content (AvgIpc) is 2.67. The third-order valence-electron chi connectivity index (χ3n) is 4.39. The van der Waals surface area contributed by atoms with Crippen LogP contribution in [0.15, 0.2) is 84.9 Å². The molecule has 0 atom stereocenters.